The smallest absolute Gasteiger partial charge is 0.295 e. The summed E-state index contributed by atoms with van der Waals surface area (Å²) in [6.07, 6.45) is 3.47. The van der Waals surface area contributed by atoms with Crippen LogP contribution in [-0.4, -0.2) is 46.6 Å². The third-order valence-corrected chi connectivity index (χ3v) is 6.84. The SMILES string of the molecule is CCCCCOc1ccc(/C(O)=C2/C(=O)C(=O)N(CCc3ccc(F)cc3)C2c2ccc(O)c(OCC)c2)cc1. The molecule has 7 nitrogen and oxygen atoms in total. The van der Waals surface area contributed by atoms with Gasteiger partial charge in [0.05, 0.1) is 24.8 Å². The van der Waals surface area contributed by atoms with E-state index in [2.05, 4.69) is 6.92 Å². The van der Waals surface area contributed by atoms with Crippen molar-refractivity contribution in [2.45, 2.75) is 45.6 Å². The molecule has 1 saturated heterocycles. The van der Waals surface area contributed by atoms with Gasteiger partial charge in [-0.3, -0.25) is 9.59 Å². The Morgan fingerprint density at radius 3 is 2.35 bits per heavy atom. The topological polar surface area (TPSA) is 96.3 Å². The number of carbonyl (C=O) groups excluding carboxylic acids is 2. The van der Waals surface area contributed by atoms with Crippen molar-refractivity contribution < 1.29 is 33.7 Å². The molecule has 210 valence electrons. The van der Waals surface area contributed by atoms with Crippen LogP contribution in [0.2, 0.25) is 0 Å². The Kier molecular flexibility index (Phi) is 9.43. The first-order chi connectivity index (χ1) is 19.3. The van der Waals surface area contributed by atoms with Crippen LogP contribution < -0.4 is 9.47 Å². The molecule has 8 heteroatoms. The van der Waals surface area contributed by atoms with E-state index in [1.807, 2.05) is 0 Å². The summed E-state index contributed by atoms with van der Waals surface area (Å²) in [4.78, 5) is 28.0. The molecule has 1 aliphatic heterocycles. The van der Waals surface area contributed by atoms with E-state index < -0.39 is 17.7 Å². The van der Waals surface area contributed by atoms with Gasteiger partial charge in [-0.15, -0.1) is 0 Å². The van der Waals surface area contributed by atoms with Crippen LogP contribution in [0.1, 0.15) is 55.8 Å². The van der Waals surface area contributed by atoms with Gasteiger partial charge in [0.1, 0.15) is 17.3 Å². The third kappa shape index (κ3) is 6.45. The van der Waals surface area contributed by atoms with Crippen LogP contribution >= 0.6 is 0 Å². The zero-order valence-corrected chi connectivity index (χ0v) is 22.7. The number of hydrogen-bond donors (Lipinski definition) is 2. The summed E-state index contributed by atoms with van der Waals surface area (Å²) in [6, 6.07) is 16.3. The molecule has 2 N–H and O–H groups in total. The molecule has 1 atom stereocenters. The maximum Gasteiger partial charge on any atom is 0.295 e. The van der Waals surface area contributed by atoms with E-state index in [1.165, 1.54) is 23.1 Å². The molecule has 0 spiro atoms. The Hall–Kier alpha value is -4.33. The average Bonchev–Trinajstić information content (AvgIpc) is 3.21. The first-order valence-corrected chi connectivity index (χ1v) is 13.6. The minimum atomic E-state index is -0.926. The monoisotopic (exact) mass is 547 g/mol. The van der Waals surface area contributed by atoms with Crippen LogP contribution in [0.4, 0.5) is 4.39 Å². The van der Waals surface area contributed by atoms with Crippen molar-refractivity contribution in [2.75, 3.05) is 19.8 Å². The van der Waals surface area contributed by atoms with Gasteiger partial charge in [-0.05, 0) is 79.4 Å². The third-order valence-electron chi connectivity index (χ3n) is 6.84. The van der Waals surface area contributed by atoms with Crippen LogP contribution in [0.3, 0.4) is 0 Å². The minimum Gasteiger partial charge on any atom is -0.507 e. The second-order valence-corrected chi connectivity index (χ2v) is 9.61. The molecule has 0 radical (unpaired) electrons. The van der Waals surface area contributed by atoms with E-state index in [4.69, 9.17) is 9.47 Å². The molecular weight excluding hydrogens is 513 g/mol. The number of aliphatic hydroxyl groups is 1. The number of phenols is 1. The van der Waals surface area contributed by atoms with Crippen molar-refractivity contribution in [1.82, 2.24) is 4.90 Å². The molecular formula is C32H34FNO6. The Labute approximate surface area is 233 Å². The molecule has 0 aromatic heterocycles. The van der Waals surface area contributed by atoms with Crippen molar-refractivity contribution >= 4 is 17.4 Å². The van der Waals surface area contributed by atoms with Crippen molar-refractivity contribution in [2.24, 2.45) is 0 Å². The highest BCUT2D eigenvalue weighted by Gasteiger charge is 2.46. The number of aliphatic hydroxyl groups excluding tert-OH is 1. The predicted octanol–water partition coefficient (Wildman–Crippen LogP) is 6.16. The lowest BCUT2D eigenvalue weighted by Gasteiger charge is -2.26. The first kappa shape index (κ1) is 28.7. The number of nitrogens with zero attached hydrogens (tertiary/aromatic N) is 1. The second-order valence-electron chi connectivity index (χ2n) is 9.61. The summed E-state index contributed by atoms with van der Waals surface area (Å²) >= 11 is 0. The summed E-state index contributed by atoms with van der Waals surface area (Å²) in [6.45, 7) is 4.92. The molecule has 40 heavy (non-hydrogen) atoms. The summed E-state index contributed by atoms with van der Waals surface area (Å²) in [7, 11) is 0. The van der Waals surface area contributed by atoms with Crippen LogP contribution in [0.25, 0.3) is 5.76 Å². The molecule has 0 bridgehead atoms. The van der Waals surface area contributed by atoms with Crippen LogP contribution in [0.15, 0.2) is 72.3 Å². The van der Waals surface area contributed by atoms with Gasteiger partial charge in [-0.25, -0.2) is 4.39 Å². The molecule has 1 fully saturated rings. The van der Waals surface area contributed by atoms with Gasteiger partial charge < -0.3 is 24.6 Å². The normalized spacial score (nSPS) is 16.4. The lowest BCUT2D eigenvalue weighted by Crippen LogP contribution is -2.31. The van der Waals surface area contributed by atoms with Gasteiger partial charge in [0, 0.05) is 12.1 Å². The Morgan fingerprint density at radius 1 is 0.950 bits per heavy atom. The largest absolute Gasteiger partial charge is 0.507 e. The standard InChI is InChI=1S/C32H34FNO6/c1-3-5-6-19-40-25-14-9-22(10-15-25)30(36)28-29(23-11-16-26(35)27(20-23)39-4-2)34(32(38)31(28)37)18-17-21-7-12-24(33)13-8-21/h7-16,20,29,35-36H,3-6,17-19H2,1-2H3/b30-28-. The molecule has 1 heterocycles. The molecule has 1 unspecified atom stereocenters. The second kappa shape index (κ2) is 13.2. The lowest BCUT2D eigenvalue weighted by molar-refractivity contribution is -0.139. The van der Waals surface area contributed by atoms with Gasteiger partial charge in [0.25, 0.3) is 11.7 Å². The predicted molar refractivity (Wildman–Crippen MR) is 150 cm³/mol. The molecule has 0 aliphatic carbocycles. The number of ether oxygens (including phenoxy) is 2. The highest BCUT2D eigenvalue weighted by atomic mass is 19.1. The van der Waals surface area contributed by atoms with E-state index in [9.17, 15) is 24.2 Å². The number of likely N-dealkylation sites (tertiary alicyclic amines) is 1. The number of unbranched alkanes of at least 4 members (excludes halogenated alkanes) is 2. The number of carbonyl (C=O) groups is 2. The lowest BCUT2D eigenvalue weighted by atomic mass is 9.94. The van der Waals surface area contributed by atoms with Crippen LogP contribution in [0, 0.1) is 5.82 Å². The maximum absolute atomic E-state index is 13.4. The number of amides is 1. The van der Waals surface area contributed by atoms with E-state index in [-0.39, 0.29) is 35.2 Å². The van der Waals surface area contributed by atoms with Crippen LogP contribution in [-0.2, 0) is 16.0 Å². The fourth-order valence-electron chi connectivity index (χ4n) is 4.74. The summed E-state index contributed by atoms with van der Waals surface area (Å²) < 4.78 is 24.7. The maximum atomic E-state index is 13.4. The number of rotatable bonds is 12. The van der Waals surface area contributed by atoms with Gasteiger partial charge in [-0.1, -0.05) is 38.0 Å². The van der Waals surface area contributed by atoms with Gasteiger partial charge >= 0.3 is 0 Å². The molecule has 3 aromatic carbocycles. The highest BCUT2D eigenvalue weighted by Crippen LogP contribution is 2.42. The summed E-state index contributed by atoms with van der Waals surface area (Å²) in [5.41, 5.74) is 1.59. The molecule has 1 amide bonds. The minimum absolute atomic E-state index is 0.0612. The number of aromatic hydroxyl groups is 1. The first-order valence-electron chi connectivity index (χ1n) is 13.6. The number of phenolic OH excluding ortho intramolecular Hbond substituents is 1. The van der Waals surface area contributed by atoms with E-state index in [1.54, 1.807) is 55.5 Å². The fraction of sp³-hybridized carbons (Fsp3) is 0.312. The number of hydrogen-bond acceptors (Lipinski definition) is 6. The highest BCUT2D eigenvalue weighted by molar-refractivity contribution is 6.46. The Bertz CT molecular complexity index is 1370. The molecule has 1 aliphatic rings. The Morgan fingerprint density at radius 2 is 1.68 bits per heavy atom. The molecule has 0 saturated carbocycles. The number of benzene rings is 3. The van der Waals surface area contributed by atoms with Crippen molar-refractivity contribution in [1.29, 1.82) is 0 Å². The Balaban J connectivity index is 1.70. The fourth-order valence-corrected chi connectivity index (χ4v) is 4.74. The van der Waals surface area contributed by atoms with Crippen molar-refractivity contribution in [3.63, 3.8) is 0 Å². The summed E-state index contributed by atoms with van der Waals surface area (Å²) in [5.74, 6) is -1.48. The number of Topliss-reactive ketones (excluding diaryl/α,β-unsaturated/α-hetero) is 1. The van der Waals surface area contributed by atoms with Crippen molar-refractivity contribution in [3.8, 4) is 17.2 Å². The van der Waals surface area contributed by atoms with Crippen LogP contribution in [0.5, 0.6) is 17.2 Å². The number of ketones is 1. The quantitative estimate of drug-likeness (QED) is 0.122. The molecule has 4 rings (SSSR count). The van der Waals surface area contributed by atoms with Gasteiger partial charge in [0.15, 0.2) is 11.5 Å². The van der Waals surface area contributed by atoms with E-state index in [0.717, 1.165) is 24.8 Å². The van der Waals surface area contributed by atoms with Gasteiger partial charge in [-0.2, -0.15) is 0 Å². The average molecular weight is 548 g/mol. The van der Waals surface area contributed by atoms with Crippen molar-refractivity contribution in [3.05, 3.63) is 94.8 Å². The van der Waals surface area contributed by atoms with E-state index in [0.29, 0.717) is 36.5 Å². The zero-order chi connectivity index (χ0) is 28.6. The zero-order valence-electron chi connectivity index (χ0n) is 22.7. The molecule has 3 aromatic rings. The van der Waals surface area contributed by atoms with E-state index >= 15 is 0 Å². The summed E-state index contributed by atoms with van der Waals surface area (Å²) in [5, 5.41) is 21.6. The number of halogens is 1. The van der Waals surface area contributed by atoms with Gasteiger partial charge in [0.2, 0.25) is 0 Å².